The van der Waals surface area contributed by atoms with Crippen molar-refractivity contribution >= 4 is 15.9 Å². The molecule has 20 heavy (non-hydrogen) atoms. The highest BCUT2D eigenvalue weighted by molar-refractivity contribution is 7.89. The van der Waals surface area contributed by atoms with E-state index in [-0.39, 0.29) is 23.5 Å². The van der Waals surface area contributed by atoms with Gasteiger partial charge in [0, 0.05) is 25.8 Å². The monoisotopic (exact) mass is 300 g/mol. The second-order valence-corrected chi connectivity index (χ2v) is 6.97. The Morgan fingerprint density at radius 2 is 2.20 bits per heavy atom. The lowest BCUT2D eigenvalue weighted by Crippen LogP contribution is -2.32. The van der Waals surface area contributed by atoms with Gasteiger partial charge in [0.2, 0.25) is 10.0 Å². The number of hydrogen-bond acceptors (Lipinski definition) is 4. The standard InChI is InChI=1S/C12H20N4O3S/c1-3-16-11(4-5-14-16)12(17)15-6-9(2)10(7-15)8-20(13,18)19/h4-5,9-10H,3,6-8H2,1-2H3,(H2,13,18,19)/t9-,10+/m1/s1. The Balaban J connectivity index is 2.10. The molecule has 0 aliphatic carbocycles. The summed E-state index contributed by atoms with van der Waals surface area (Å²) in [6.45, 7) is 5.46. The van der Waals surface area contributed by atoms with Crippen LogP contribution in [0.5, 0.6) is 0 Å². The molecule has 0 unspecified atom stereocenters. The van der Waals surface area contributed by atoms with E-state index in [2.05, 4.69) is 5.10 Å². The molecule has 1 amide bonds. The minimum Gasteiger partial charge on any atom is -0.337 e. The van der Waals surface area contributed by atoms with Crippen LogP contribution in [-0.4, -0.2) is 47.8 Å². The van der Waals surface area contributed by atoms with Crippen LogP contribution in [0, 0.1) is 11.8 Å². The molecule has 0 spiro atoms. The summed E-state index contributed by atoms with van der Waals surface area (Å²) in [7, 11) is -3.51. The maximum absolute atomic E-state index is 12.4. The van der Waals surface area contributed by atoms with Gasteiger partial charge < -0.3 is 4.90 Å². The first-order valence-corrected chi connectivity index (χ1v) is 8.35. The summed E-state index contributed by atoms with van der Waals surface area (Å²) < 4.78 is 24.0. The quantitative estimate of drug-likeness (QED) is 0.839. The summed E-state index contributed by atoms with van der Waals surface area (Å²) >= 11 is 0. The Hall–Kier alpha value is -1.41. The zero-order valence-corrected chi connectivity index (χ0v) is 12.5. The number of aryl methyl sites for hydroxylation is 1. The Morgan fingerprint density at radius 1 is 1.50 bits per heavy atom. The smallest absolute Gasteiger partial charge is 0.272 e. The minimum absolute atomic E-state index is 0.0784. The molecule has 1 aromatic heterocycles. The molecule has 2 atom stereocenters. The number of aromatic nitrogens is 2. The van der Waals surface area contributed by atoms with Crippen LogP contribution in [-0.2, 0) is 16.6 Å². The molecule has 0 radical (unpaired) electrons. The highest BCUT2D eigenvalue weighted by Crippen LogP contribution is 2.25. The molecule has 1 saturated heterocycles. The topological polar surface area (TPSA) is 98.3 Å². The molecule has 112 valence electrons. The van der Waals surface area contributed by atoms with E-state index in [1.54, 1.807) is 21.8 Å². The fourth-order valence-corrected chi connectivity index (χ4v) is 3.67. The van der Waals surface area contributed by atoms with Gasteiger partial charge in [-0.1, -0.05) is 6.92 Å². The number of likely N-dealkylation sites (tertiary alicyclic amines) is 1. The van der Waals surface area contributed by atoms with Crippen molar-refractivity contribution in [3.8, 4) is 0 Å². The van der Waals surface area contributed by atoms with E-state index in [9.17, 15) is 13.2 Å². The van der Waals surface area contributed by atoms with E-state index in [1.807, 2.05) is 13.8 Å². The van der Waals surface area contributed by atoms with Crippen molar-refractivity contribution in [2.45, 2.75) is 20.4 Å². The molecule has 0 saturated carbocycles. The third-order valence-electron chi connectivity index (χ3n) is 3.74. The first-order chi connectivity index (χ1) is 9.31. The largest absolute Gasteiger partial charge is 0.337 e. The van der Waals surface area contributed by atoms with E-state index in [1.165, 1.54) is 0 Å². The van der Waals surface area contributed by atoms with Gasteiger partial charge >= 0.3 is 0 Å². The Bertz CT molecular complexity index is 596. The van der Waals surface area contributed by atoms with Crippen LogP contribution >= 0.6 is 0 Å². The SMILES string of the molecule is CCn1nccc1C(=O)N1C[C@@H](CS(N)(=O)=O)[C@H](C)C1. The summed E-state index contributed by atoms with van der Waals surface area (Å²) in [4.78, 5) is 14.1. The van der Waals surface area contributed by atoms with Crippen LogP contribution in [0.25, 0.3) is 0 Å². The lowest BCUT2D eigenvalue weighted by molar-refractivity contribution is 0.0772. The second kappa shape index (κ2) is 5.53. The van der Waals surface area contributed by atoms with Crippen LogP contribution in [0.15, 0.2) is 12.3 Å². The van der Waals surface area contributed by atoms with Crippen LogP contribution in [0.2, 0.25) is 0 Å². The minimum atomic E-state index is -3.51. The van der Waals surface area contributed by atoms with Gasteiger partial charge in [-0.2, -0.15) is 5.10 Å². The van der Waals surface area contributed by atoms with Crippen LogP contribution < -0.4 is 5.14 Å². The number of carbonyl (C=O) groups is 1. The summed E-state index contributed by atoms with van der Waals surface area (Å²) in [5.74, 6) is -0.166. The van der Waals surface area contributed by atoms with Gasteiger partial charge in [-0.25, -0.2) is 13.6 Å². The van der Waals surface area contributed by atoms with Crippen molar-refractivity contribution in [1.82, 2.24) is 14.7 Å². The molecular weight excluding hydrogens is 280 g/mol. The third-order valence-corrected chi connectivity index (χ3v) is 4.63. The summed E-state index contributed by atoms with van der Waals surface area (Å²) in [5, 5.41) is 9.17. The van der Waals surface area contributed by atoms with E-state index in [4.69, 9.17) is 5.14 Å². The molecule has 1 aliphatic heterocycles. The lowest BCUT2D eigenvalue weighted by Gasteiger charge is -2.16. The number of nitrogens with two attached hydrogens (primary N) is 1. The molecule has 2 rings (SSSR count). The number of primary sulfonamides is 1. The molecule has 2 heterocycles. The Labute approximate surface area is 118 Å². The number of carbonyl (C=O) groups excluding carboxylic acids is 1. The fourth-order valence-electron chi connectivity index (χ4n) is 2.64. The maximum Gasteiger partial charge on any atom is 0.272 e. The van der Waals surface area contributed by atoms with Crippen LogP contribution in [0.1, 0.15) is 24.3 Å². The number of sulfonamides is 1. The first kappa shape index (κ1) is 15.0. The zero-order valence-electron chi connectivity index (χ0n) is 11.7. The van der Waals surface area contributed by atoms with Crippen molar-refractivity contribution in [2.24, 2.45) is 17.0 Å². The van der Waals surface area contributed by atoms with Crippen molar-refractivity contribution in [1.29, 1.82) is 0 Å². The number of amides is 1. The van der Waals surface area contributed by atoms with Crippen LogP contribution in [0.3, 0.4) is 0 Å². The first-order valence-electron chi connectivity index (χ1n) is 6.63. The highest BCUT2D eigenvalue weighted by Gasteiger charge is 2.35. The van der Waals surface area contributed by atoms with Crippen molar-refractivity contribution in [3.63, 3.8) is 0 Å². The van der Waals surface area contributed by atoms with Gasteiger partial charge in [-0.05, 0) is 24.8 Å². The average Bonchev–Trinajstić information content (AvgIpc) is 2.94. The second-order valence-electron chi connectivity index (χ2n) is 5.31. The molecule has 0 bridgehead atoms. The average molecular weight is 300 g/mol. The molecule has 0 aromatic carbocycles. The number of rotatable bonds is 4. The Kier molecular flexibility index (Phi) is 4.14. The van der Waals surface area contributed by atoms with E-state index >= 15 is 0 Å². The highest BCUT2D eigenvalue weighted by atomic mass is 32.2. The van der Waals surface area contributed by atoms with Gasteiger partial charge in [-0.3, -0.25) is 9.48 Å². The van der Waals surface area contributed by atoms with E-state index < -0.39 is 10.0 Å². The molecule has 8 heteroatoms. The van der Waals surface area contributed by atoms with Crippen LogP contribution in [0.4, 0.5) is 0 Å². The van der Waals surface area contributed by atoms with E-state index in [0.717, 1.165) is 0 Å². The van der Waals surface area contributed by atoms with Crippen molar-refractivity contribution < 1.29 is 13.2 Å². The van der Waals surface area contributed by atoms with Gasteiger partial charge in [0.15, 0.2) is 0 Å². The zero-order chi connectivity index (χ0) is 14.9. The Morgan fingerprint density at radius 3 is 2.80 bits per heavy atom. The molecule has 2 N–H and O–H groups in total. The summed E-state index contributed by atoms with van der Waals surface area (Å²) in [6.07, 6.45) is 1.60. The van der Waals surface area contributed by atoms with Gasteiger partial charge in [0.1, 0.15) is 5.69 Å². The molecule has 1 fully saturated rings. The van der Waals surface area contributed by atoms with Gasteiger partial charge in [0.05, 0.1) is 5.75 Å². The van der Waals surface area contributed by atoms with Crippen molar-refractivity contribution in [2.75, 3.05) is 18.8 Å². The van der Waals surface area contributed by atoms with Gasteiger partial charge in [0.25, 0.3) is 5.91 Å². The molecular formula is C12H20N4O3S. The lowest BCUT2D eigenvalue weighted by atomic mass is 10.0. The predicted octanol–water partition coefficient (Wildman–Crippen LogP) is -0.100. The van der Waals surface area contributed by atoms with E-state index in [0.29, 0.717) is 25.3 Å². The number of hydrogen-bond donors (Lipinski definition) is 1. The van der Waals surface area contributed by atoms with Crippen molar-refractivity contribution in [3.05, 3.63) is 18.0 Å². The van der Waals surface area contributed by atoms with Gasteiger partial charge in [-0.15, -0.1) is 0 Å². The molecule has 1 aliphatic rings. The molecule has 7 nitrogen and oxygen atoms in total. The summed E-state index contributed by atoms with van der Waals surface area (Å²) in [6, 6.07) is 1.68. The molecule has 1 aromatic rings. The summed E-state index contributed by atoms with van der Waals surface area (Å²) in [5.41, 5.74) is 0.538. The number of nitrogens with zero attached hydrogens (tertiary/aromatic N) is 3. The predicted molar refractivity (Wildman–Crippen MR) is 74.4 cm³/mol. The maximum atomic E-state index is 12.4. The fraction of sp³-hybridized carbons (Fsp3) is 0.667. The third kappa shape index (κ3) is 3.18. The normalized spacial score (nSPS) is 23.2.